The number of rotatable bonds is 8. The second-order valence-electron chi connectivity index (χ2n) is 6.18. The van der Waals surface area contributed by atoms with E-state index in [1.54, 1.807) is 19.6 Å². The van der Waals surface area contributed by atoms with Crippen molar-refractivity contribution in [1.82, 2.24) is 19.8 Å². The molecule has 0 radical (unpaired) electrons. The average Bonchev–Trinajstić information content (AvgIpc) is 3.16. The normalized spacial score (nSPS) is 17.8. The second-order valence-corrected chi connectivity index (χ2v) is 6.18. The molecule has 3 rings (SSSR count). The third kappa shape index (κ3) is 4.53. The predicted molar refractivity (Wildman–Crippen MR) is 95.4 cm³/mol. The number of piperazine rings is 1. The van der Waals surface area contributed by atoms with Gasteiger partial charge in [-0.05, 0) is 6.07 Å². The van der Waals surface area contributed by atoms with Crippen LogP contribution in [-0.2, 0) is 17.9 Å². The Balaban J connectivity index is 1.68. The zero-order valence-electron chi connectivity index (χ0n) is 14.8. The molecule has 2 aromatic rings. The van der Waals surface area contributed by atoms with E-state index in [4.69, 9.17) is 9.47 Å². The summed E-state index contributed by atoms with van der Waals surface area (Å²) in [7, 11) is 1.62. The summed E-state index contributed by atoms with van der Waals surface area (Å²) in [4.78, 5) is 17.4. The lowest BCUT2D eigenvalue weighted by Crippen LogP contribution is -2.53. The Kier molecular flexibility index (Phi) is 6.08. The van der Waals surface area contributed by atoms with Crippen LogP contribution in [0.5, 0.6) is 11.5 Å². The first-order valence-corrected chi connectivity index (χ1v) is 8.60. The molecule has 1 saturated heterocycles. The van der Waals surface area contributed by atoms with Gasteiger partial charge in [-0.1, -0.05) is 12.1 Å². The number of carboxylic acids is 1. The lowest BCUT2D eigenvalue weighted by Gasteiger charge is -2.32. The van der Waals surface area contributed by atoms with Crippen molar-refractivity contribution in [1.29, 1.82) is 0 Å². The van der Waals surface area contributed by atoms with E-state index in [1.807, 2.05) is 29.0 Å². The Labute approximate surface area is 152 Å². The smallest absolute Gasteiger partial charge is 0.322 e. The van der Waals surface area contributed by atoms with Gasteiger partial charge in [-0.15, -0.1) is 0 Å². The molecule has 0 spiro atoms. The van der Waals surface area contributed by atoms with Gasteiger partial charge in [-0.2, -0.15) is 0 Å². The summed E-state index contributed by atoms with van der Waals surface area (Å²) in [5.74, 6) is 0.565. The molecule has 26 heavy (non-hydrogen) atoms. The molecule has 1 fully saturated rings. The fraction of sp³-hybridized carbons (Fsp3) is 0.444. The summed E-state index contributed by atoms with van der Waals surface area (Å²) in [6, 6.07) is 5.24. The fourth-order valence-corrected chi connectivity index (χ4v) is 3.04. The molecular weight excluding hydrogens is 336 g/mol. The van der Waals surface area contributed by atoms with Gasteiger partial charge < -0.3 is 24.5 Å². The number of aromatic nitrogens is 2. The van der Waals surface area contributed by atoms with E-state index in [-0.39, 0.29) is 0 Å². The van der Waals surface area contributed by atoms with Gasteiger partial charge >= 0.3 is 5.97 Å². The van der Waals surface area contributed by atoms with Gasteiger partial charge in [-0.25, -0.2) is 4.98 Å². The van der Waals surface area contributed by atoms with E-state index in [1.165, 1.54) is 0 Å². The first-order chi connectivity index (χ1) is 12.7. The first-order valence-electron chi connectivity index (χ1n) is 8.60. The monoisotopic (exact) mass is 360 g/mol. The molecule has 1 aromatic heterocycles. The summed E-state index contributed by atoms with van der Waals surface area (Å²) in [6.45, 7) is 3.69. The minimum absolute atomic E-state index is 0.459. The highest BCUT2D eigenvalue weighted by Crippen LogP contribution is 2.32. The van der Waals surface area contributed by atoms with Crippen LogP contribution in [0.4, 0.5) is 0 Å². The van der Waals surface area contributed by atoms with Crippen LogP contribution in [0.3, 0.4) is 0 Å². The van der Waals surface area contributed by atoms with E-state index >= 15 is 0 Å². The minimum Gasteiger partial charge on any atom is -0.493 e. The van der Waals surface area contributed by atoms with Crippen molar-refractivity contribution in [3.8, 4) is 11.5 Å². The van der Waals surface area contributed by atoms with E-state index < -0.39 is 12.0 Å². The standard InChI is InChI=1S/C18H24N4O4/c1-25-16-4-2-3-14(11-22-8-6-20-15(12-22)18(23)24)17(16)26-10-9-21-7-5-19-13-21/h2-5,7,13,15,20H,6,8-12H2,1H3,(H,23,24)/t15-/m0/s1. The van der Waals surface area contributed by atoms with E-state index in [0.29, 0.717) is 44.3 Å². The minimum atomic E-state index is -0.822. The Morgan fingerprint density at radius 2 is 2.35 bits per heavy atom. The van der Waals surface area contributed by atoms with Crippen molar-refractivity contribution in [2.24, 2.45) is 0 Å². The summed E-state index contributed by atoms with van der Waals surface area (Å²) in [5, 5.41) is 12.2. The van der Waals surface area contributed by atoms with Crippen molar-refractivity contribution in [3.63, 3.8) is 0 Å². The molecule has 0 aliphatic carbocycles. The molecule has 0 unspecified atom stereocenters. The number of imidazole rings is 1. The molecule has 140 valence electrons. The van der Waals surface area contributed by atoms with Crippen molar-refractivity contribution in [2.75, 3.05) is 33.4 Å². The Morgan fingerprint density at radius 3 is 3.08 bits per heavy atom. The lowest BCUT2D eigenvalue weighted by molar-refractivity contribution is -0.140. The molecule has 1 aliphatic rings. The maximum Gasteiger partial charge on any atom is 0.322 e. The number of nitrogens with one attached hydrogen (secondary N) is 1. The Morgan fingerprint density at radius 1 is 1.46 bits per heavy atom. The number of para-hydroxylation sites is 1. The largest absolute Gasteiger partial charge is 0.493 e. The number of carboxylic acid groups (broad SMARTS) is 1. The molecule has 2 N–H and O–H groups in total. The van der Waals surface area contributed by atoms with Crippen molar-refractivity contribution >= 4 is 5.97 Å². The summed E-state index contributed by atoms with van der Waals surface area (Å²) >= 11 is 0. The highest BCUT2D eigenvalue weighted by atomic mass is 16.5. The van der Waals surface area contributed by atoms with Gasteiger partial charge in [0.05, 0.1) is 20.0 Å². The van der Waals surface area contributed by atoms with Gasteiger partial charge in [0, 0.05) is 44.1 Å². The maximum atomic E-state index is 11.2. The molecule has 1 aromatic carbocycles. The molecule has 1 atom stereocenters. The Hall–Kier alpha value is -2.58. The van der Waals surface area contributed by atoms with Gasteiger partial charge in [0.2, 0.25) is 0 Å². The average molecular weight is 360 g/mol. The topological polar surface area (TPSA) is 88.9 Å². The highest BCUT2D eigenvalue weighted by Gasteiger charge is 2.25. The molecule has 0 bridgehead atoms. The van der Waals surface area contributed by atoms with Crippen LogP contribution in [0, 0.1) is 0 Å². The van der Waals surface area contributed by atoms with Crippen LogP contribution < -0.4 is 14.8 Å². The quantitative estimate of drug-likeness (QED) is 0.721. The number of benzene rings is 1. The lowest BCUT2D eigenvalue weighted by atomic mass is 10.1. The molecule has 0 amide bonds. The number of hydrogen-bond donors (Lipinski definition) is 2. The third-order valence-corrected chi connectivity index (χ3v) is 4.39. The van der Waals surface area contributed by atoms with E-state index in [9.17, 15) is 9.90 Å². The molecule has 1 aliphatic heterocycles. The summed E-state index contributed by atoms with van der Waals surface area (Å²) in [6.07, 6.45) is 5.37. The van der Waals surface area contributed by atoms with Gasteiger partial charge in [0.1, 0.15) is 12.6 Å². The highest BCUT2D eigenvalue weighted by molar-refractivity contribution is 5.73. The van der Waals surface area contributed by atoms with Crippen molar-refractivity contribution in [2.45, 2.75) is 19.1 Å². The van der Waals surface area contributed by atoms with E-state index in [0.717, 1.165) is 12.1 Å². The van der Waals surface area contributed by atoms with Crippen molar-refractivity contribution in [3.05, 3.63) is 42.5 Å². The molecular formula is C18H24N4O4. The molecule has 8 nitrogen and oxygen atoms in total. The zero-order chi connectivity index (χ0) is 18.4. The van der Waals surface area contributed by atoms with Crippen LogP contribution in [0.15, 0.2) is 36.9 Å². The van der Waals surface area contributed by atoms with Crippen molar-refractivity contribution < 1.29 is 19.4 Å². The van der Waals surface area contributed by atoms with Crippen LogP contribution in [0.25, 0.3) is 0 Å². The zero-order valence-corrected chi connectivity index (χ0v) is 14.8. The predicted octanol–water partition coefficient (Wildman–Crippen LogP) is 0.829. The number of ether oxygens (including phenoxy) is 2. The number of hydrogen-bond acceptors (Lipinski definition) is 6. The SMILES string of the molecule is COc1cccc(CN2CCN[C@H](C(=O)O)C2)c1OCCn1ccnc1. The second kappa shape index (κ2) is 8.68. The van der Waals surface area contributed by atoms with Crippen LogP contribution >= 0.6 is 0 Å². The number of aliphatic carboxylic acids is 1. The third-order valence-electron chi connectivity index (χ3n) is 4.39. The fourth-order valence-electron chi connectivity index (χ4n) is 3.04. The van der Waals surface area contributed by atoms with Gasteiger partial charge in [-0.3, -0.25) is 9.69 Å². The van der Waals surface area contributed by atoms with Gasteiger partial charge in [0.25, 0.3) is 0 Å². The number of carbonyl (C=O) groups is 1. The first kappa shape index (κ1) is 18.2. The molecule has 0 saturated carbocycles. The summed E-state index contributed by atoms with van der Waals surface area (Å²) in [5.41, 5.74) is 0.987. The van der Waals surface area contributed by atoms with Gasteiger partial charge in [0.15, 0.2) is 11.5 Å². The van der Waals surface area contributed by atoms with E-state index in [2.05, 4.69) is 15.2 Å². The maximum absolute atomic E-state index is 11.2. The number of nitrogens with zero attached hydrogens (tertiary/aromatic N) is 3. The molecule has 8 heteroatoms. The van der Waals surface area contributed by atoms with Crippen LogP contribution in [-0.4, -0.2) is 64.9 Å². The van der Waals surface area contributed by atoms with Crippen LogP contribution in [0.2, 0.25) is 0 Å². The molecule has 2 heterocycles. The Bertz CT molecular complexity index is 720. The number of methoxy groups -OCH3 is 1. The van der Waals surface area contributed by atoms with Crippen LogP contribution in [0.1, 0.15) is 5.56 Å². The summed E-state index contributed by atoms with van der Waals surface area (Å²) < 4.78 is 13.4.